The topological polar surface area (TPSA) is 82.6 Å². The summed E-state index contributed by atoms with van der Waals surface area (Å²) in [7, 11) is 1.61. The average Bonchev–Trinajstić information content (AvgIpc) is 3.22. The van der Waals surface area contributed by atoms with E-state index in [1.165, 1.54) is 11.3 Å². The van der Waals surface area contributed by atoms with E-state index in [-0.39, 0.29) is 12.3 Å². The summed E-state index contributed by atoms with van der Waals surface area (Å²) in [5.41, 5.74) is 2.56. The van der Waals surface area contributed by atoms with Crippen LogP contribution in [0.25, 0.3) is 10.6 Å². The molecule has 0 spiro atoms. The molecule has 0 aliphatic carbocycles. The van der Waals surface area contributed by atoms with Gasteiger partial charge in [0.25, 0.3) is 0 Å². The number of pyridine rings is 1. The second-order valence-electron chi connectivity index (χ2n) is 6.36. The van der Waals surface area contributed by atoms with Crippen LogP contribution in [0.5, 0.6) is 11.6 Å². The first kappa shape index (κ1) is 21.7. The number of hydrogen-bond donors (Lipinski definition) is 1. The van der Waals surface area contributed by atoms with Crippen LogP contribution in [0.4, 0.5) is 0 Å². The first-order chi connectivity index (χ1) is 14.7. The van der Waals surface area contributed by atoms with Gasteiger partial charge in [0.1, 0.15) is 17.4 Å². The Morgan fingerprint density at radius 2 is 1.97 bits per heavy atom. The highest BCUT2D eigenvalue weighted by atomic mass is 32.1. The van der Waals surface area contributed by atoms with Crippen LogP contribution < -0.4 is 14.8 Å². The zero-order valence-corrected chi connectivity index (χ0v) is 17.9. The maximum Gasteiger partial charge on any atom is 0.226 e. The first-order valence-corrected chi connectivity index (χ1v) is 10.6. The van der Waals surface area contributed by atoms with Crippen LogP contribution in [0.3, 0.4) is 0 Å². The second kappa shape index (κ2) is 11.3. The van der Waals surface area contributed by atoms with Gasteiger partial charge in [-0.05, 0) is 37.3 Å². The minimum atomic E-state index is -0.106. The fourth-order valence-corrected chi connectivity index (χ4v) is 3.54. The van der Waals surface area contributed by atoms with Gasteiger partial charge in [-0.2, -0.15) is 0 Å². The van der Waals surface area contributed by atoms with Crippen LogP contribution >= 0.6 is 11.3 Å². The fraction of sp³-hybridized carbons (Fsp3) is 0.318. The van der Waals surface area contributed by atoms with E-state index in [1.54, 1.807) is 13.3 Å². The van der Waals surface area contributed by atoms with E-state index in [0.29, 0.717) is 32.2 Å². The molecule has 30 heavy (non-hydrogen) atoms. The predicted molar refractivity (Wildman–Crippen MR) is 116 cm³/mol. The number of benzene rings is 1. The Hall–Kier alpha value is -2.97. The summed E-state index contributed by atoms with van der Waals surface area (Å²) in [6.07, 6.45) is 1.87. The number of rotatable bonds is 11. The third-order valence-electron chi connectivity index (χ3n) is 4.16. The van der Waals surface area contributed by atoms with Gasteiger partial charge < -0.3 is 19.5 Å². The molecule has 1 amide bonds. The van der Waals surface area contributed by atoms with E-state index in [4.69, 9.17) is 14.2 Å². The standard InChI is InChI=1S/C22H25N3O4S/c1-3-28-19-8-6-16(7-9-19)22-25-18(15-30-22)13-20(26)24-14-17-5-4-10-23-21(17)29-12-11-27-2/h4-10,15H,3,11-14H2,1-2H3,(H,24,26). The van der Waals surface area contributed by atoms with E-state index in [1.807, 2.05) is 48.7 Å². The summed E-state index contributed by atoms with van der Waals surface area (Å²) in [6, 6.07) is 11.5. The highest BCUT2D eigenvalue weighted by Crippen LogP contribution is 2.26. The van der Waals surface area contributed by atoms with Gasteiger partial charge in [0.05, 0.1) is 25.3 Å². The van der Waals surface area contributed by atoms with Crippen molar-refractivity contribution in [1.29, 1.82) is 0 Å². The SMILES string of the molecule is CCOc1ccc(-c2nc(CC(=O)NCc3cccnc3OCCOC)cs2)cc1. The Bertz CT molecular complexity index is 944. The van der Waals surface area contributed by atoms with E-state index in [0.717, 1.165) is 27.6 Å². The van der Waals surface area contributed by atoms with Crippen molar-refractivity contribution < 1.29 is 19.0 Å². The van der Waals surface area contributed by atoms with Crippen molar-refractivity contribution >= 4 is 17.2 Å². The van der Waals surface area contributed by atoms with Crippen molar-refractivity contribution in [2.75, 3.05) is 26.9 Å². The summed E-state index contributed by atoms with van der Waals surface area (Å²) in [5.74, 6) is 1.23. The zero-order chi connectivity index (χ0) is 21.2. The molecule has 0 bridgehead atoms. The zero-order valence-electron chi connectivity index (χ0n) is 17.1. The Labute approximate surface area is 180 Å². The summed E-state index contributed by atoms with van der Waals surface area (Å²) >= 11 is 1.52. The van der Waals surface area contributed by atoms with E-state index >= 15 is 0 Å². The molecule has 1 N–H and O–H groups in total. The van der Waals surface area contributed by atoms with Crippen molar-refractivity contribution in [2.45, 2.75) is 19.9 Å². The molecule has 158 valence electrons. The van der Waals surface area contributed by atoms with Gasteiger partial charge >= 0.3 is 0 Å². The third kappa shape index (κ3) is 6.27. The molecule has 3 aromatic rings. The van der Waals surface area contributed by atoms with Gasteiger partial charge in [-0.1, -0.05) is 6.07 Å². The highest BCUT2D eigenvalue weighted by molar-refractivity contribution is 7.13. The number of nitrogens with one attached hydrogen (secondary N) is 1. The average molecular weight is 428 g/mol. The van der Waals surface area contributed by atoms with Gasteiger partial charge in [0, 0.05) is 36.4 Å². The van der Waals surface area contributed by atoms with Gasteiger partial charge in [-0.3, -0.25) is 4.79 Å². The molecule has 0 saturated carbocycles. The number of nitrogens with zero attached hydrogens (tertiary/aromatic N) is 2. The second-order valence-corrected chi connectivity index (χ2v) is 7.22. The van der Waals surface area contributed by atoms with Gasteiger partial charge in [0.15, 0.2) is 0 Å². The van der Waals surface area contributed by atoms with Crippen LogP contribution in [0, 0.1) is 0 Å². The number of carbonyl (C=O) groups is 1. The van der Waals surface area contributed by atoms with E-state index in [9.17, 15) is 4.79 Å². The maximum atomic E-state index is 12.4. The van der Waals surface area contributed by atoms with Crippen molar-refractivity contribution in [1.82, 2.24) is 15.3 Å². The largest absolute Gasteiger partial charge is 0.494 e. The molecule has 0 atom stereocenters. The molecule has 0 aliphatic heterocycles. The van der Waals surface area contributed by atoms with Crippen LogP contribution in [-0.2, 0) is 22.5 Å². The number of thiazole rings is 1. The van der Waals surface area contributed by atoms with E-state index < -0.39 is 0 Å². The summed E-state index contributed by atoms with van der Waals surface area (Å²) in [6.45, 7) is 3.81. The molecular weight excluding hydrogens is 402 g/mol. The Kier molecular flexibility index (Phi) is 8.17. The minimum Gasteiger partial charge on any atom is -0.494 e. The monoisotopic (exact) mass is 427 g/mol. The lowest BCUT2D eigenvalue weighted by Gasteiger charge is -2.10. The maximum absolute atomic E-state index is 12.4. The third-order valence-corrected chi connectivity index (χ3v) is 5.10. The molecule has 0 aliphatic rings. The molecule has 7 nitrogen and oxygen atoms in total. The summed E-state index contributed by atoms with van der Waals surface area (Å²) in [4.78, 5) is 21.2. The first-order valence-electron chi connectivity index (χ1n) is 9.69. The lowest BCUT2D eigenvalue weighted by Crippen LogP contribution is -2.25. The molecule has 1 aromatic carbocycles. The van der Waals surface area contributed by atoms with Crippen molar-refractivity contribution in [3.8, 4) is 22.2 Å². The van der Waals surface area contributed by atoms with Crippen LogP contribution in [0.2, 0.25) is 0 Å². The normalized spacial score (nSPS) is 10.6. The molecule has 3 rings (SSSR count). The number of hydrogen-bond acceptors (Lipinski definition) is 7. The number of carbonyl (C=O) groups excluding carboxylic acids is 1. The van der Waals surface area contributed by atoms with Crippen LogP contribution in [0.15, 0.2) is 48.0 Å². The van der Waals surface area contributed by atoms with Gasteiger partial charge in [0.2, 0.25) is 11.8 Å². The van der Waals surface area contributed by atoms with Crippen molar-refractivity contribution in [2.24, 2.45) is 0 Å². The smallest absolute Gasteiger partial charge is 0.226 e. The summed E-state index contributed by atoms with van der Waals surface area (Å²) in [5, 5.41) is 5.69. The quantitative estimate of drug-likeness (QED) is 0.472. The van der Waals surface area contributed by atoms with E-state index in [2.05, 4.69) is 15.3 Å². The Balaban J connectivity index is 1.54. The van der Waals surface area contributed by atoms with Crippen molar-refractivity contribution in [3.63, 3.8) is 0 Å². The molecule has 0 unspecified atom stereocenters. The van der Waals surface area contributed by atoms with Crippen molar-refractivity contribution in [3.05, 3.63) is 59.2 Å². The predicted octanol–water partition coefficient (Wildman–Crippen LogP) is 3.49. The van der Waals surface area contributed by atoms with Crippen LogP contribution in [0.1, 0.15) is 18.2 Å². The van der Waals surface area contributed by atoms with Gasteiger partial charge in [-0.25, -0.2) is 9.97 Å². The fourth-order valence-electron chi connectivity index (χ4n) is 2.71. The number of methoxy groups -OCH3 is 1. The van der Waals surface area contributed by atoms with Crippen LogP contribution in [-0.4, -0.2) is 42.8 Å². The lowest BCUT2D eigenvalue weighted by molar-refractivity contribution is -0.120. The molecule has 2 heterocycles. The molecule has 0 saturated heterocycles. The molecule has 0 fully saturated rings. The molecule has 2 aromatic heterocycles. The molecule has 0 radical (unpaired) electrons. The number of aromatic nitrogens is 2. The molecular formula is C22H25N3O4S. The number of ether oxygens (including phenoxy) is 3. The highest BCUT2D eigenvalue weighted by Gasteiger charge is 2.11. The Morgan fingerprint density at radius 1 is 1.13 bits per heavy atom. The Morgan fingerprint density at radius 3 is 2.73 bits per heavy atom. The lowest BCUT2D eigenvalue weighted by atomic mass is 10.2. The minimum absolute atomic E-state index is 0.106. The number of amides is 1. The summed E-state index contributed by atoms with van der Waals surface area (Å²) < 4.78 is 16.0. The van der Waals surface area contributed by atoms with Gasteiger partial charge in [-0.15, -0.1) is 11.3 Å². The molecule has 8 heteroatoms.